The number of carbonyl (C=O) groups is 2. The summed E-state index contributed by atoms with van der Waals surface area (Å²) in [5, 5.41) is 0. The van der Waals surface area contributed by atoms with E-state index in [9.17, 15) is 9.59 Å². The Hall–Kier alpha value is -2.08. The monoisotopic (exact) mass is 282 g/mol. The fourth-order valence-electron chi connectivity index (χ4n) is 1.45. The van der Waals surface area contributed by atoms with Gasteiger partial charge in [-0.1, -0.05) is 6.08 Å². The van der Waals surface area contributed by atoms with Gasteiger partial charge in [0.15, 0.2) is 6.10 Å². The molecule has 6 heteroatoms. The molecular formula is C14H18O6. The number of rotatable bonds is 7. The highest BCUT2D eigenvalue weighted by atomic mass is 16.6. The minimum absolute atomic E-state index is 0.0710. The van der Waals surface area contributed by atoms with Gasteiger partial charge in [-0.25, -0.2) is 9.59 Å². The van der Waals surface area contributed by atoms with E-state index in [1.807, 2.05) is 0 Å². The SMILES string of the molecule is C=CCOC(C)C(=O)OCc1cc(C)c(C(=O)OC)o1. The van der Waals surface area contributed by atoms with Crippen LogP contribution >= 0.6 is 0 Å². The first-order valence-electron chi connectivity index (χ1n) is 6.06. The Kier molecular flexibility index (Phi) is 5.99. The molecule has 0 aliphatic carbocycles. The Balaban J connectivity index is 2.55. The molecule has 0 spiro atoms. The van der Waals surface area contributed by atoms with Crippen LogP contribution in [0.2, 0.25) is 0 Å². The minimum atomic E-state index is -0.691. The summed E-state index contributed by atoms with van der Waals surface area (Å²) in [5.74, 6) is -0.607. The molecule has 1 rings (SSSR count). The minimum Gasteiger partial charge on any atom is -0.463 e. The third-order valence-electron chi connectivity index (χ3n) is 2.49. The van der Waals surface area contributed by atoms with Gasteiger partial charge >= 0.3 is 11.9 Å². The molecule has 1 aromatic rings. The van der Waals surface area contributed by atoms with E-state index in [-0.39, 0.29) is 19.0 Å². The molecule has 20 heavy (non-hydrogen) atoms. The van der Waals surface area contributed by atoms with Crippen LogP contribution in [0.15, 0.2) is 23.1 Å². The lowest BCUT2D eigenvalue weighted by Gasteiger charge is -2.10. The molecule has 0 aliphatic rings. The standard InChI is InChI=1S/C14H18O6/c1-5-6-18-10(3)13(15)19-8-11-7-9(2)12(20-11)14(16)17-4/h5,7,10H,1,6,8H2,2-4H3. The average Bonchev–Trinajstić information content (AvgIpc) is 2.82. The highest BCUT2D eigenvalue weighted by Crippen LogP contribution is 2.16. The summed E-state index contributed by atoms with van der Waals surface area (Å²) in [6, 6.07) is 1.62. The molecule has 0 aliphatic heterocycles. The molecular weight excluding hydrogens is 264 g/mol. The van der Waals surface area contributed by atoms with Crippen LogP contribution in [-0.4, -0.2) is 31.8 Å². The van der Waals surface area contributed by atoms with Gasteiger partial charge in [-0.15, -0.1) is 6.58 Å². The third-order valence-corrected chi connectivity index (χ3v) is 2.49. The van der Waals surface area contributed by atoms with Gasteiger partial charge in [-0.3, -0.25) is 0 Å². The van der Waals surface area contributed by atoms with Gasteiger partial charge < -0.3 is 18.6 Å². The summed E-state index contributed by atoms with van der Waals surface area (Å²) in [4.78, 5) is 22.9. The van der Waals surface area contributed by atoms with Crippen molar-refractivity contribution in [2.45, 2.75) is 26.6 Å². The van der Waals surface area contributed by atoms with Crippen LogP contribution in [0.4, 0.5) is 0 Å². The van der Waals surface area contributed by atoms with E-state index >= 15 is 0 Å². The number of hydrogen-bond acceptors (Lipinski definition) is 6. The first-order valence-corrected chi connectivity index (χ1v) is 6.06. The van der Waals surface area contributed by atoms with Crippen LogP contribution in [0, 0.1) is 6.92 Å². The van der Waals surface area contributed by atoms with Gasteiger partial charge in [0.1, 0.15) is 12.4 Å². The Morgan fingerprint density at radius 1 is 1.50 bits per heavy atom. The molecule has 0 amide bonds. The number of esters is 2. The van der Waals surface area contributed by atoms with Crippen LogP contribution in [-0.2, 0) is 25.6 Å². The van der Waals surface area contributed by atoms with E-state index in [0.29, 0.717) is 11.3 Å². The molecule has 0 saturated heterocycles. The molecule has 0 N–H and O–H groups in total. The van der Waals surface area contributed by atoms with Crippen molar-refractivity contribution in [3.05, 3.63) is 35.8 Å². The summed E-state index contributed by atoms with van der Waals surface area (Å²) < 4.78 is 20.0. The summed E-state index contributed by atoms with van der Waals surface area (Å²) in [7, 11) is 1.27. The molecule has 0 bridgehead atoms. The van der Waals surface area contributed by atoms with E-state index < -0.39 is 18.0 Å². The summed E-state index contributed by atoms with van der Waals surface area (Å²) in [6.07, 6.45) is 0.853. The van der Waals surface area contributed by atoms with Gasteiger partial charge in [0.05, 0.1) is 13.7 Å². The van der Waals surface area contributed by atoms with Crippen molar-refractivity contribution in [1.82, 2.24) is 0 Å². The molecule has 0 fully saturated rings. The van der Waals surface area contributed by atoms with Crippen molar-refractivity contribution in [3.63, 3.8) is 0 Å². The Morgan fingerprint density at radius 3 is 2.80 bits per heavy atom. The number of ether oxygens (including phenoxy) is 3. The molecule has 0 radical (unpaired) electrons. The predicted octanol–water partition coefficient (Wildman–Crippen LogP) is 2.01. The lowest BCUT2D eigenvalue weighted by Crippen LogP contribution is -2.23. The zero-order chi connectivity index (χ0) is 15.1. The maximum absolute atomic E-state index is 11.6. The fraction of sp³-hybridized carbons (Fsp3) is 0.429. The first kappa shape index (κ1) is 16.0. The number of aryl methyl sites for hydroxylation is 1. The van der Waals surface area contributed by atoms with Crippen LogP contribution in [0.25, 0.3) is 0 Å². The van der Waals surface area contributed by atoms with Crippen molar-refractivity contribution in [3.8, 4) is 0 Å². The van der Waals surface area contributed by atoms with Gasteiger partial charge in [0, 0.05) is 5.56 Å². The highest BCUT2D eigenvalue weighted by molar-refractivity contribution is 5.87. The van der Waals surface area contributed by atoms with Crippen LogP contribution in [0.3, 0.4) is 0 Å². The Bertz CT molecular complexity index is 488. The number of methoxy groups -OCH3 is 1. The number of carbonyl (C=O) groups excluding carboxylic acids is 2. The summed E-state index contributed by atoms with van der Waals surface area (Å²) >= 11 is 0. The number of furan rings is 1. The number of hydrogen-bond donors (Lipinski definition) is 0. The fourth-order valence-corrected chi connectivity index (χ4v) is 1.45. The Labute approximate surface area is 117 Å². The van der Waals surface area contributed by atoms with Gasteiger partial charge in [-0.05, 0) is 19.9 Å². The lowest BCUT2D eigenvalue weighted by atomic mass is 10.2. The average molecular weight is 282 g/mol. The maximum atomic E-state index is 11.6. The van der Waals surface area contributed by atoms with Crippen LogP contribution in [0.1, 0.15) is 28.8 Å². The normalized spacial score (nSPS) is 11.8. The van der Waals surface area contributed by atoms with Crippen LogP contribution in [0.5, 0.6) is 0 Å². The van der Waals surface area contributed by atoms with Gasteiger partial charge in [0.25, 0.3) is 0 Å². The van der Waals surface area contributed by atoms with Gasteiger partial charge in [-0.2, -0.15) is 0 Å². The highest BCUT2D eigenvalue weighted by Gasteiger charge is 2.19. The quantitative estimate of drug-likeness (QED) is 0.562. The van der Waals surface area contributed by atoms with E-state index in [4.69, 9.17) is 13.9 Å². The molecule has 1 unspecified atom stereocenters. The maximum Gasteiger partial charge on any atom is 0.374 e. The van der Waals surface area contributed by atoms with E-state index in [0.717, 1.165) is 0 Å². The molecule has 1 heterocycles. The van der Waals surface area contributed by atoms with Crippen molar-refractivity contribution in [2.24, 2.45) is 0 Å². The Morgan fingerprint density at radius 2 is 2.20 bits per heavy atom. The zero-order valence-electron chi connectivity index (χ0n) is 11.8. The van der Waals surface area contributed by atoms with Crippen molar-refractivity contribution in [1.29, 1.82) is 0 Å². The third kappa shape index (κ3) is 4.24. The van der Waals surface area contributed by atoms with Crippen molar-refractivity contribution in [2.75, 3.05) is 13.7 Å². The first-order chi connectivity index (χ1) is 9.49. The molecule has 110 valence electrons. The van der Waals surface area contributed by atoms with Gasteiger partial charge in [0.2, 0.25) is 5.76 Å². The second-order valence-corrected chi connectivity index (χ2v) is 4.09. The summed E-state index contributed by atoms with van der Waals surface area (Å²) in [6.45, 7) is 6.97. The van der Waals surface area contributed by atoms with Crippen molar-refractivity contribution < 1.29 is 28.2 Å². The van der Waals surface area contributed by atoms with E-state index in [1.54, 1.807) is 26.0 Å². The molecule has 0 saturated carbocycles. The second-order valence-electron chi connectivity index (χ2n) is 4.09. The topological polar surface area (TPSA) is 75.0 Å². The lowest BCUT2D eigenvalue weighted by molar-refractivity contribution is -0.157. The zero-order valence-corrected chi connectivity index (χ0v) is 11.8. The van der Waals surface area contributed by atoms with Crippen molar-refractivity contribution >= 4 is 11.9 Å². The van der Waals surface area contributed by atoms with E-state index in [1.165, 1.54) is 7.11 Å². The smallest absolute Gasteiger partial charge is 0.374 e. The predicted molar refractivity (Wildman–Crippen MR) is 70.2 cm³/mol. The van der Waals surface area contributed by atoms with E-state index in [2.05, 4.69) is 11.3 Å². The molecule has 1 aromatic heterocycles. The molecule has 1 atom stereocenters. The second kappa shape index (κ2) is 7.49. The molecule has 6 nitrogen and oxygen atoms in total. The van der Waals surface area contributed by atoms with Crippen LogP contribution < -0.4 is 0 Å². The molecule has 0 aromatic carbocycles. The largest absolute Gasteiger partial charge is 0.463 e. The summed E-state index contributed by atoms with van der Waals surface area (Å²) in [5.41, 5.74) is 0.624.